The topological polar surface area (TPSA) is 0 Å². The van der Waals surface area contributed by atoms with E-state index in [1.165, 1.54) is 78.8 Å². The molecule has 4 aromatic carbocycles. The van der Waals surface area contributed by atoms with E-state index in [9.17, 15) is 0 Å². The van der Waals surface area contributed by atoms with Crippen LogP contribution in [-0.4, -0.2) is 3.21 Å². The van der Waals surface area contributed by atoms with Gasteiger partial charge in [0.05, 0.1) is 0 Å². The van der Waals surface area contributed by atoms with Crippen LogP contribution in [0.1, 0.15) is 120 Å². The van der Waals surface area contributed by atoms with Crippen LogP contribution in [0.5, 0.6) is 0 Å². The summed E-state index contributed by atoms with van der Waals surface area (Å²) in [5.41, 5.74) is 19.1. The Hall–Kier alpha value is -2.83. The normalized spacial score (nSPS) is 17.4. The molecule has 4 aliphatic carbocycles. The Morgan fingerprint density at radius 3 is 1.74 bits per heavy atom. The Morgan fingerprint density at radius 2 is 1.26 bits per heavy atom. The molecule has 0 fully saturated rings. The third-order valence-electron chi connectivity index (χ3n) is 11.1. The zero-order valence-corrected chi connectivity index (χ0v) is 37.9. The Labute approximate surface area is 354 Å². The van der Waals surface area contributed by atoms with Crippen LogP contribution >= 0.6 is 0 Å². The molecular weight excluding hydrogens is 775 g/mol. The molecule has 0 heterocycles. The number of hydrogen-bond acceptors (Lipinski definition) is 0. The molecule has 0 spiro atoms. The van der Waals surface area contributed by atoms with Crippen LogP contribution in [0.15, 0.2) is 109 Å². The molecule has 0 radical (unpaired) electrons. The molecule has 0 saturated carbocycles. The fraction of sp³-hybridized carbons (Fsp3) is 0.353. The van der Waals surface area contributed by atoms with E-state index in [0.717, 1.165) is 19.3 Å². The molecule has 1 atom stereocenters. The van der Waals surface area contributed by atoms with Crippen molar-refractivity contribution < 1.29 is 49.0 Å². The average molecular weight is 831 g/mol. The number of rotatable bonds is 5. The van der Waals surface area contributed by atoms with Crippen molar-refractivity contribution in [1.82, 2.24) is 0 Å². The predicted molar refractivity (Wildman–Crippen MR) is 221 cm³/mol. The van der Waals surface area contributed by atoms with E-state index < -0.39 is 0 Å². The van der Waals surface area contributed by atoms with Gasteiger partial charge in [-0.2, -0.15) is 17.2 Å². The molecule has 280 valence electrons. The van der Waals surface area contributed by atoms with Crippen molar-refractivity contribution >= 4 is 14.4 Å². The van der Waals surface area contributed by atoms with Crippen molar-refractivity contribution in [3.63, 3.8) is 0 Å². The maximum absolute atomic E-state index is 3.65. The van der Waals surface area contributed by atoms with E-state index in [4.69, 9.17) is 0 Å². The second-order valence-electron chi connectivity index (χ2n) is 17.3. The first-order chi connectivity index (χ1) is 24.6. The Balaban J connectivity index is 0.000000194. The summed E-state index contributed by atoms with van der Waals surface area (Å²) in [6.07, 6.45) is 18.4. The van der Waals surface area contributed by atoms with Crippen LogP contribution in [0.2, 0.25) is 0 Å². The van der Waals surface area contributed by atoms with Crippen LogP contribution in [0.25, 0.3) is 22.3 Å². The fourth-order valence-corrected chi connectivity index (χ4v) is 9.24. The van der Waals surface area contributed by atoms with Crippen molar-refractivity contribution in [3.8, 4) is 11.1 Å². The molecule has 54 heavy (non-hydrogen) atoms. The molecule has 1 unspecified atom stereocenters. The summed E-state index contributed by atoms with van der Waals surface area (Å²) >= 11 is 1.55. The van der Waals surface area contributed by atoms with Crippen LogP contribution in [0, 0.1) is 23.5 Å². The second-order valence-corrected chi connectivity index (χ2v) is 19.1. The van der Waals surface area contributed by atoms with Gasteiger partial charge in [0.1, 0.15) is 0 Å². The van der Waals surface area contributed by atoms with Gasteiger partial charge in [0, 0.05) is 5.41 Å². The second kappa shape index (κ2) is 17.5. The third kappa shape index (κ3) is 9.75. The van der Waals surface area contributed by atoms with Gasteiger partial charge in [-0.25, -0.2) is 11.6 Å². The summed E-state index contributed by atoms with van der Waals surface area (Å²) in [6.45, 7) is 22.6. The van der Waals surface area contributed by atoms with Gasteiger partial charge in [-0.3, -0.25) is 12.2 Å². The molecule has 4 aromatic rings. The maximum atomic E-state index is 3.65. The van der Waals surface area contributed by atoms with Gasteiger partial charge < -0.3 is 24.8 Å². The third-order valence-corrected chi connectivity index (χ3v) is 12.0. The molecule has 4 aliphatic rings. The summed E-state index contributed by atoms with van der Waals surface area (Å²) in [5.74, 6) is 0.573. The number of hydrogen-bond donors (Lipinski definition) is 0. The van der Waals surface area contributed by atoms with Gasteiger partial charge in [0.2, 0.25) is 0 Å². The molecule has 3 heteroatoms. The monoisotopic (exact) mass is 828 g/mol. The molecule has 0 amide bonds. The van der Waals surface area contributed by atoms with Crippen molar-refractivity contribution in [2.24, 2.45) is 11.3 Å². The SMILES string of the molecule is CC1=[C-]C(C)(C)c2cc3c(cc21)-c1cc2c(cc1C3)C(C)(C)C=C2C.CCC1[C-]=CC(C(C)(C)C)=C1.[Cl-].[Cl-].[Zr+2]=[C](Cc1ccccc1)Cc1ccccc1. The van der Waals surface area contributed by atoms with Gasteiger partial charge in [-0.1, -0.05) is 104 Å². The van der Waals surface area contributed by atoms with Gasteiger partial charge in [0.25, 0.3) is 0 Å². The minimum atomic E-state index is 0. The van der Waals surface area contributed by atoms with Crippen molar-refractivity contribution in [2.45, 2.75) is 106 Å². The van der Waals surface area contributed by atoms with E-state index in [-0.39, 0.29) is 35.6 Å². The minimum absolute atomic E-state index is 0. The van der Waals surface area contributed by atoms with Gasteiger partial charge in [-0.05, 0) is 58.4 Å². The summed E-state index contributed by atoms with van der Waals surface area (Å²) in [5, 5.41) is 0. The summed E-state index contributed by atoms with van der Waals surface area (Å²) < 4.78 is 1.60. The Bertz CT molecular complexity index is 1970. The van der Waals surface area contributed by atoms with Gasteiger partial charge in [-0.15, -0.1) is 11.6 Å². The van der Waals surface area contributed by atoms with E-state index in [2.05, 4.69) is 185 Å². The van der Waals surface area contributed by atoms with Crippen molar-refractivity contribution in [2.75, 3.05) is 0 Å². The zero-order chi connectivity index (χ0) is 37.4. The molecule has 0 aromatic heterocycles. The van der Waals surface area contributed by atoms with Crippen LogP contribution in [-0.2, 0) is 54.3 Å². The van der Waals surface area contributed by atoms with Crippen LogP contribution in [0.3, 0.4) is 0 Å². The summed E-state index contributed by atoms with van der Waals surface area (Å²) in [6, 6.07) is 31.2. The number of fused-ring (bicyclic) bond motifs is 5. The van der Waals surface area contributed by atoms with E-state index in [1.807, 2.05) is 0 Å². The first-order valence-electron chi connectivity index (χ1n) is 19.2. The fourth-order valence-electron chi connectivity index (χ4n) is 8.23. The Morgan fingerprint density at radius 1 is 0.741 bits per heavy atom. The molecule has 0 N–H and O–H groups in total. The average Bonchev–Trinajstić information content (AvgIpc) is 3.82. The Kier molecular flexibility index (Phi) is 14.3. The molecular formula is C51H56Cl2Zr-2. The van der Waals surface area contributed by atoms with Crippen molar-refractivity contribution in [3.05, 3.63) is 165 Å². The summed E-state index contributed by atoms with van der Waals surface area (Å²) in [4.78, 5) is 0. The number of halogens is 2. The van der Waals surface area contributed by atoms with E-state index in [1.54, 1.807) is 27.4 Å². The summed E-state index contributed by atoms with van der Waals surface area (Å²) in [7, 11) is 0. The molecule has 8 rings (SSSR count). The van der Waals surface area contributed by atoms with Crippen LogP contribution < -0.4 is 24.8 Å². The zero-order valence-electron chi connectivity index (χ0n) is 34.0. The van der Waals surface area contributed by atoms with Crippen molar-refractivity contribution in [1.29, 1.82) is 0 Å². The van der Waals surface area contributed by atoms with Gasteiger partial charge >= 0.3 is 112 Å². The molecule has 0 nitrogen and oxygen atoms in total. The number of benzene rings is 4. The molecule has 0 bridgehead atoms. The van der Waals surface area contributed by atoms with Crippen LogP contribution in [0.4, 0.5) is 0 Å². The van der Waals surface area contributed by atoms with E-state index in [0.29, 0.717) is 11.3 Å². The first kappa shape index (κ1) is 43.9. The quantitative estimate of drug-likeness (QED) is 0.168. The van der Waals surface area contributed by atoms with Gasteiger partial charge in [0.15, 0.2) is 0 Å². The standard InChI is InChI=1S/C25H25.C15H14.C11H17.2ClH.Zr/c1-14-12-24(3,4)22-8-16-7-17-9-23-19(15(2)13-25(23,5)6)11-21(17)20(16)10-18(14)22;1-3-8-14(9-4-1)12-7-13-15-10-5-2-6-11-15;1-5-9-6-7-10(8-9)11(2,3)4;;;/h8-12H,7H2,1-6H3;1-6,8-11H,12-13H2;7-9H,5H2,1-4H3;2*1H;/q-1;;-1;;;+2/p-2. The molecule has 0 saturated heterocycles. The molecule has 0 aliphatic heterocycles. The predicted octanol–water partition coefficient (Wildman–Crippen LogP) is 7.01. The number of allylic oxidation sites excluding steroid dienone is 8. The van der Waals surface area contributed by atoms with E-state index >= 15 is 0 Å². The first-order valence-corrected chi connectivity index (χ1v) is 20.4.